The molecule has 0 N–H and O–H groups in total. The van der Waals surface area contributed by atoms with Crippen molar-refractivity contribution in [2.24, 2.45) is 0 Å². The third-order valence-electron chi connectivity index (χ3n) is 12.4. The van der Waals surface area contributed by atoms with E-state index in [0.29, 0.717) is 0 Å². The molecule has 4 heterocycles. The van der Waals surface area contributed by atoms with Gasteiger partial charge in [0.05, 0.1) is 38.6 Å². The molecule has 9 aromatic carbocycles. The molecule has 4 aromatic heterocycles. The molecule has 0 aliphatic heterocycles. The summed E-state index contributed by atoms with van der Waals surface area (Å²) in [5, 5.41) is 10.2. The van der Waals surface area contributed by atoms with Crippen LogP contribution in [0.15, 0.2) is 200 Å². The second-order valence-corrected chi connectivity index (χ2v) is 15.3. The third kappa shape index (κ3) is 4.26. The van der Waals surface area contributed by atoms with Crippen LogP contribution in [0.3, 0.4) is 0 Å². The van der Waals surface area contributed by atoms with Crippen LogP contribution >= 0.6 is 0 Å². The lowest BCUT2D eigenvalue weighted by molar-refractivity contribution is 1.18. The first-order valence-electron chi connectivity index (χ1n) is 19.7. The van der Waals surface area contributed by atoms with Gasteiger partial charge >= 0.3 is 0 Å². The molecule has 0 saturated carbocycles. The average molecular weight is 724 g/mol. The Hall–Kier alpha value is -7.62. The molecule has 0 bridgehead atoms. The molecule has 0 amide bonds. The Kier molecular flexibility index (Phi) is 6.16. The maximum absolute atomic E-state index is 2.45. The van der Waals surface area contributed by atoms with Crippen molar-refractivity contribution in [3.63, 3.8) is 0 Å². The molecule has 264 valence electrons. The Morgan fingerprint density at radius 2 is 0.614 bits per heavy atom. The maximum Gasteiger partial charge on any atom is 0.0620 e. The van der Waals surface area contributed by atoms with Crippen molar-refractivity contribution < 1.29 is 0 Å². The van der Waals surface area contributed by atoms with Gasteiger partial charge in [-0.25, -0.2) is 0 Å². The van der Waals surface area contributed by atoms with Crippen LogP contribution in [-0.2, 0) is 0 Å². The molecule has 0 atom stereocenters. The van der Waals surface area contributed by atoms with E-state index in [1.54, 1.807) is 0 Å². The van der Waals surface area contributed by atoms with Gasteiger partial charge in [-0.1, -0.05) is 121 Å². The number of aromatic nitrogens is 3. The second kappa shape index (κ2) is 11.5. The summed E-state index contributed by atoms with van der Waals surface area (Å²) in [6.07, 6.45) is 0. The molecule has 0 spiro atoms. The van der Waals surface area contributed by atoms with Crippen molar-refractivity contribution in [2.45, 2.75) is 0 Å². The Labute approximate surface area is 327 Å². The smallest absolute Gasteiger partial charge is 0.0620 e. The number of hydrogen-bond donors (Lipinski definition) is 0. The van der Waals surface area contributed by atoms with Crippen LogP contribution < -0.4 is 0 Å². The number of fused-ring (bicyclic) bond motifs is 12. The van der Waals surface area contributed by atoms with Crippen molar-refractivity contribution >= 4 is 81.7 Å². The van der Waals surface area contributed by atoms with Gasteiger partial charge in [0, 0.05) is 54.5 Å². The van der Waals surface area contributed by atoms with Crippen molar-refractivity contribution in [2.75, 3.05) is 0 Å². The van der Waals surface area contributed by atoms with Gasteiger partial charge in [0.25, 0.3) is 0 Å². The second-order valence-electron chi connectivity index (χ2n) is 15.3. The fraction of sp³-hybridized carbons (Fsp3) is 0. The molecule has 13 rings (SSSR count). The molecule has 0 saturated heterocycles. The molecular formula is C54H33N3. The van der Waals surface area contributed by atoms with Gasteiger partial charge in [-0.3, -0.25) is 0 Å². The highest BCUT2D eigenvalue weighted by atomic mass is 15.0. The van der Waals surface area contributed by atoms with Crippen molar-refractivity contribution in [1.82, 2.24) is 13.5 Å². The predicted molar refractivity (Wildman–Crippen MR) is 241 cm³/mol. The van der Waals surface area contributed by atoms with Crippen LogP contribution in [0.1, 0.15) is 0 Å². The molecule has 0 aliphatic rings. The fourth-order valence-electron chi connectivity index (χ4n) is 9.86. The Balaban J connectivity index is 1.02. The summed E-state index contributed by atoms with van der Waals surface area (Å²) < 4.78 is 7.27. The summed E-state index contributed by atoms with van der Waals surface area (Å²) in [6, 6.07) is 73.7. The molecule has 0 radical (unpaired) electrons. The first-order valence-corrected chi connectivity index (χ1v) is 19.7. The minimum absolute atomic E-state index is 1.16. The molecular weight excluding hydrogens is 691 g/mol. The summed E-state index contributed by atoms with van der Waals surface area (Å²) in [4.78, 5) is 0. The number of hydrogen-bond acceptors (Lipinski definition) is 0. The van der Waals surface area contributed by atoms with E-state index in [2.05, 4.69) is 214 Å². The van der Waals surface area contributed by atoms with E-state index < -0.39 is 0 Å². The molecule has 13 aromatic rings. The van der Waals surface area contributed by atoms with Gasteiger partial charge in [0.15, 0.2) is 0 Å². The summed E-state index contributed by atoms with van der Waals surface area (Å²) in [7, 11) is 0. The van der Waals surface area contributed by atoms with E-state index in [0.717, 1.165) is 5.69 Å². The zero-order valence-electron chi connectivity index (χ0n) is 30.9. The van der Waals surface area contributed by atoms with Crippen LogP contribution in [0.25, 0.3) is 115 Å². The first kappa shape index (κ1) is 30.7. The monoisotopic (exact) mass is 723 g/mol. The van der Waals surface area contributed by atoms with Gasteiger partial charge < -0.3 is 13.5 Å². The van der Waals surface area contributed by atoms with Crippen LogP contribution in [0, 0.1) is 0 Å². The minimum atomic E-state index is 1.16. The quantitative estimate of drug-likeness (QED) is 0.172. The van der Waals surface area contributed by atoms with Crippen molar-refractivity contribution in [3.05, 3.63) is 200 Å². The van der Waals surface area contributed by atoms with Gasteiger partial charge in [-0.2, -0.15) is 0 Å². The number of rotatable bonds is 4. The maximum atomic E-state index is 2.45. The number of nitrogens with zero attached hydrogens (tertiary/aromatic N) is 3. The van der Waals surface area contributed by atoms with Crippen LogP contribution in [0.4, 0.5) is 0 Å². The molecule has 3 heteroatoms. The average Bonchev–Trinajstić information content (AvgIpc) is 4.00. The lowest BCUT2D eigenvalue weighted by atomic mass is 9.98. The lowest BCUT2D eigenvalue weighted by Crippen LogP contribution is -1.93. The number of benzene rings is 9. The molecule has 0 fully saturated rings. The standard InChI is InChI=1S/C54H33N3/c1-3-12-38(13-4-1)55-50-27-23-35(34-25-29-52-45(30-34)44-19-11-18-43-41-17-8-10-21-49(41)57(52)54(43)44)31-46(50)47-32-36(24-28-51(47)55)37-22-26-42-40-16-7-9-20-48(40)56(53(42)33-37)39-14-5-2-6-15-39/h1-33H. The molecule has 3 nitrogen and oxygen atoms in total. The van der Waals surface area contributed by atoms with Crippen LogP contribution in [0.5, 0.6) is 0 Å². The SMILES string of the molecule is c1ccc(-n2c3ccc(-c4ccc5c(c4)c4cccc6c7ccccc7n5c64)cc3c3cc(-c4ccc5c6ccccc6n(-c6ccccc6)c5c4)ccc32)cc1. The zero-order valence-corrected chi connectivity index (χ0v) is 30.9. The lowest BCUT2D eigenvalue weighted by Gasteiger charge is -2.10. The van der Waals surface area contributed by atoms with E-state index >= 15 is 0 Å². The predicted octanol–water partition coefficient (Wildman–Crippen LogP) is 14.4. The van der Waals surface area contributed by atoms with E-state index in [1.165, 1.54) is 110 Å². The Morgan fingerprint density at radius 1 is 0.228 bits per heavy atom. The molecule has 0 unspecified atom stereocenters. The minimum Gasteiger partial charge on any atom is -0.309 e. The normalized spacial score (nSPS) is 12.2. The van der Waals surface area contributed by atoms with E-state index in [1.807, 2.05) is 0 Å². The summed E-state index contributed by atoms with van der Waals surface area (Å²) in [5.74, 6) is 0. The highest BCUT2D eigenvalue weighted by molar-refractivity contribution is 6.23. The van der Waals surface area contributed by atoms with E-state index in [-0.39, 0.29) is 0 Å². The van der Waals surface area contributed by atoms with E-state index in [4.69, 9.17) is 0 Å². The third-order valence-corrected chi connectivity index (χ3v) is 12.4. The highest BCUT2D eigenvalue weighted by Gasteiger charge is 2.19. The summed E-state index contributed by atoms with van der Waals surface area (Å²) in [5.41, 5.74) is 15.8. The Morgan fingerprint density at radius 3 is 1.25 bits per heavy atom. The van der Waals surface area contributed by atoms with Gasteiger partial charge in [0.1, 0.15) is 0 Å². The van der Waals surface area contributed by atoms with Gasteiger partial charge in [0.2, 0.25) is 0 Å². The first-order chi connectivity index (χ1) is 28.3. The number of para-hydroxylation sites is 5. The van der Waals surface area contributed by atoms with Crippen molar-refractivity contribution in [1.29, 1.82) is 0 Å². The highest BCUT2D eigenvalue weighted by Crippen LogP contribution is 2.42. The molecule has 0 aliphatic carbocycles. The summed E-state index contributed by atoms with van der Waals surface area (Å²) in [6.45, 7) is 0. The van der Waals surface area contributed by atoms with Gasteiger partial charge in [-0.05, 0) is 101 Å². The largest absolute Gasteiger partial charge is 0.309 e. The van der Waals surface area contributed by atoms with Gasteiger partial charge in [-0.15, -0.1) is 0 Å². The summed E-state index contributed by atoms with van der Waals surface area (Å²) >= 11 is 0. The fourth-order valence-corrected chi connectivity index (χ4v) is 9.86. The van der Waals surface area contributed by atoms with Crippen LogP contribution in [0.2, 0.25) is 0 Å². The Bertz CT molecular complexity index is 3730. The van der Waals surface area contributed by atoms with E-state index in [9.17, 15) is 0 Å². The van der Waals surface area contributed by atoms with Crippen LogP contribution in [-0.4, -0.2) is 13.5 Å². The molecule has 57 heavy (non-hydrogen) atoms. The topological polar surface area (TPSA) is 14.3 Å². The van der Waals surface area contributed by atoms with Crippen molar-refractivity contribution in [3.8, 4) is 33.6 Å². The zero-order chi connectivity index (χ0) is 37.2.